The summed E-state index contributed by atoms with van der Waals surface area (Å²) in [5.74, 6) is 0. The Morgan fingerprint density at radius 3 is 2.20 bits per heavy atom. The number of hydrogen-bond acceptors (Lipinski definition) is 2. The van der Waals surface area contributed by atoms with Crippen molar-refractivity contribution in [1.29, 1.82) is 0 Å². The van der Waals surface area contributed by atoms with E-state index in [1.165, 1.54) is 32.3 Å². The van der Waals surface area contributed by atoms with E-state index < -0.39 is 0 Å². The van der Waals surface area contributed by atoms with Gasteiger partial charge in [-0.2, -0.15) is 0 Å². The van der Waals surface area contributed by atoms with Crippen LogP contribution in [0.5, 0.6) is 0 Å². The minimum atomic E-state index is 0.925. The first-order valence-electron chi connectivity index (χ1n) is 8.41. The van der Waals surface area contributed by atoms with Crippen molar-refractivity contribution in [2.24, 2.45) is 0 Å². The third-order valence-electron chi connectivity index (χ3n) is 5.09. The molecule has 2 nitrogen and oxygen atoms in total. The molecule has 2 aromatic heterocycles. The van der Waals surface area contributed by atoms with Crippen molar-refractivity contribution in [3.05, 3.63) is 79.0 Å². The number of rotatable bonds is 0. The lowest BCUT2D eigenvalue weighted by atomic mass is 9.94. The van der Waals surface area contributed by atoms with Crippen LogP contribution in [0.3, 0.4) is 0 Å². The van der Waals surface area contributed by atoms with E-state index in [0.29, 0.717) is 0 Å². The highest BCUT2D eigenvalue weighted by Gasteiger charge is 2.15. The van der Waals surface area contributed by atoms with E-state index in [1.54, 1.807) is 0 Å². The molecule has 4 aromatic carbocycles. The molecule has 0 bridgehead atoms. The molecule has 0 aliphatic rings. The third-order valence-corrected chi connectivity index (χ3v) is 5.09. The van der Waals surface area contributed by atoms with Crippen molar-refractivity contribution in [3.8, 4) is 0 Å². The monoisotopic (exact) mass is 319 g/mol. The van der Waals surface area contributed by atoms with Gasteiger partial charge >= 0.3 is 0 Å². The largest absolute Gasteiger partial charge is 0.456 e. The van der Waals surface area contributed by atoms with Crippen LogP contribution >= 0.6 is 0 Å². The van der Waals surface area contributed by atoms with Crippen LogP contribution < -0.4 is 0 Å². The van der Waals surface area contributed by atoms with Gasteiger partial charge in [-0.1, -0.05) is 48.5 Å². The number of fused-ring (bicyclic) bond motifs is 10. The normalized spacial score (nSPS) is 12.0. The summed E-state index contributed by atoms with van der Waals surface area (Å²) in [7, 11) is 0. The highest BCUT2D eigenvalue weighted by Crippen LogP contribution is 2.41. The molecule has 0 N–H and O–H groups in total. The molecular formula is C23H13NO. The summed E-state index contributed by atoms with van der Waals surface area (Å²) < 4.78 is 6.10. The van der Waals surface area contributed by atoms with E-state index in [-0.39, 0.29) is 0 Å². The molecule has 0 atom stereocenters. The van der Waals surface area contributed by atoms with E-state index in [9.17, 15) is 0 Å². The van der Waals surface area contributed by atoms with Crippen LogP contribution in [0.2, 0.25) is 0 Å². The minimum Gasteiger partial charge on any atom is -0.456 e. The molecular weight excluding hydrogens is 306 g/mol. The Bertz CT molecular complexity index is 1410. The van der Waals surface area contributed by atoms with Crippen molar-refractivity contribution in [2.45, 2.75) is 0 Å². The molecule has 0 saturated carbocycles. The zero-order valence-corrected chi connectivity index (χ0v) is 13.4. The summed E-state index contributed by atoms with van der Waals surface area (Å²) in [6.07, 6.45) is 1.87. The fourth-order valence-corrected chi connectivity index (χ4v) is 4.07. The summed E-state index contributed by atoms with van der Waals surface area (Å²) in [4.78, 5) is 4.70. The Morgan fingerprint density at radius 2 is 1.28 bits per heavy atom. The highest BCUT2D eigenvalue weighted by molar-refractivity contribution is 6.33. The molecule has 0 spiro atoms. The number of hydrogen-bond donors (Lipinski definition) is 0. The van der Waals surface area contributed by atoms with E-state index in [2.05, 4.69) is 54.6 Å². The van der Waals surface area contributed by atoms with Gasteiger partial charge in [0.15, 0.2) is 0 Å². The van der Waals surface area contributed by atoms with E-state index >= 15 is 0 Å². The van der Waals surface area contributed by atoms with Crippen LogP contribution in [-0.2, 0) is 0 Å². The number of pyridine rings is 1. The molecule has 0 aliphatic carbocycles. The quantitative estimate of drug-likeness (QED) is 0.301. The summed E-state index contributed by atoms with van der Waals surface area (Å²) in [6.45, 7) is 0. The molecule has 116 valence electrons. The predicted molar refractivity (Wildman–Crippen MR) is 104 cm³/mol. The lowest BCUT2D eigenvalue weighted by Crippen LogP contribution is -1.86. The predicted octanol–water partition coefficient (Wildman–Crippen LogP) is 6.44. The second-order valence-corrected chi connectivity index (χ2v) is 6.40. The van der Waals surface area contributed by atoms with Gasteiger partial charge in [0, 0.05) is 33.1 Å². The van der Waals surface area contributed by atoms with Gasteiger partial charge in [-0.15, -0.1) is 0 Å². The first-order valence-corrected chi connectivity index (χ1v) is 8.41. The summed E-state index contributed by atoms with van der Waals surface area (Å²) in [5.41, 5.74) is 2.90. The zero-order valence-electron chi connectivity index (χ0n) is 13.4. The smallest absolute Gasteiger partial charge is 0.136 e. The number of nitrogens with zero attached hydrogens (tertiary/aromatic N) is 1. The Hall–Kier alpha value is -3.39. The summed E-state index contributed by atoms with van der Waals surface area (Å²) in [6, 6.07) is 25.2. The van der Waals surface area contributed by atoms with Crippen LogP contribution in [0.4, 0.5) is 0 Å². The first-order chi connectivity index (χ1) is 12.4. The van der Waals surface area contributed by atoms with Gasteiger partial charge in [0.1, 0.15) is 11.2 Å². The summed E-state index contributed by atoms with van der Waals surface area (Å²) >= 11 is 0. The maximum absolute atomic E-state index is 6.10. The van der Waals surface area contributed by atoms with Crippen LogP contribution in [0, 0.1) is 0 Å². The van der Waals surface area contributed by atoms with Gasteiger partial charge in [0.05, 0.1) is 5.52 Å². The van der Waals surface area contributed by atoms with Gasteiger partial charge in [-0.05, 0) is 35.0 Å². The Kier molecular flexibility index (Phi) is 2.37. The minimum absolute atomic E-state index is 0.925. The van der Waals surface area contributed by atoms with Crippen LogP contribution in [0.15, 0.2) is 83.4 Å². The molecule has 0 amide bonds. The molecule has 0 unspecified atom stereocenters. The molecule has 0 saturated heterocycles. The highest BCUT2D eigenvalue weighted by atomic mass is 16.3. The zero-order chi connectivity index (χ0) is 16.4. The Morgan fingerprint density at radius 1 is 0.520 bits per heavy atom. The second kappa shape index (κ2) is 4.58. The van der Waals surface area contributed by atoms with Crippen molar-refractivity contribution < 1.29 is 4.42 Å². The second-order valence-electron chi connectivity index (χ2n) is 6.40. The molecule has 0 radical (unpaired) electrons. The third kappa shape index (κ3) is 1.61. The van der Waals surface area contributed by atoms with Crippen molar-refractivity contribution in [2.75, 3.05) is 0 Å². The number of benzene rings is 4. The van der Waals surface area contributed by atoms with E-state index in [0.717, 1.165) is 22.1 Å². The lowest BCUT2D eigenvalue weighted by Gasteiger charge is -2.10. The number of aromatic nitrogens is 1. The van der Waals surface area contributed by atoms with Crippen LogP contribution in [0.25, 0.3) is 54.4 Å². The molecule has 6 rings (SSSR count). The fraction of sp³-hybridized carbons (Fsp3) is 0. The molecule has 6 aromatic rings. The molecule has 0 fully saturated rings. The summed E-state index contributed by atoms with van der Waals surface area (Å²) in [5, 5.41) is 8.40. The van der Waals surface area contributed by atoms with Crippen LogP contribution in [0.1, 0.15) is 0 Å². The van der Waals surface area contributed by atoms with Gasteiger partial charge in [0.25, 0.3) is 0 Å². The van der Waals surface area contributed by atoms with Gasteiger partial charge in [-0.25, -0.2) is 0 Å². The maximum atomic E-state index is 6.10. The molecule has 2 heterocycles. The SMILES string of the molecule is c1ccc2c(c1)oc1ccc3c4ncccc4c4ccccc4c3c12. The number of para-hydroxylation sites is 1. The van der Waals surface area contributed by atoms with Crippen molar-refractivity contribution >= 4 is 54.4 Å². The molecule has 25 heavy (non-hydrogen) atoms. The van der Waals surface area contributed by atoms with Gasteiger partial charge in [-0.3, -0.25) is 4.98 Å². The average molecular weight is 319 g/mol. The van der Waals surface area contributed by atoms with Crippen molar-refractivity contribution in [1.82, 2.24) is 4.98 Å². The van der Waals surface area contributed by atoms with E-state index in [4.69, 9.17) is 9.40 Å². The number of furan rings is 1. The van der Waals surface area contributed by atoms with E-state index in [1.807, 2.05) is 24.4 Å². The van der Waals surface area contributed by atoms with Crippen molar-refractivity contribution in [3.63, 3.8) is 0 Å². The fourth-order valence-electron chi connectivity index (χ4n) is 4.07. The molecule has 2 heteroatoms. The topological polar surface area (TPSA) is 26.0 Å². The maximum Gasteiger partial charge on any atom is 0.136 e. The Balaban J connectivity index is 2.06. The van der Waals surface area contributed by atoms with Gasteiger partial charge < -0.3 is 4.42 Å². The molecule has 0 aliphatic heterocycles. The van der Waals surface area contributed by atoms with Crippen LogP contribution in [-0.4, -0.2) is 4.98 Å². The first kappa shape index (κ1) is 13.0. The van der Waals surface area contributed by atoms with Gasteiger partial charge in [0.2, 0.25) is 0 Å². The Labute approximate surface area is 143 Å². The standard InChI is InChI=1S/C23H13NO/c1-2-7-15-14(6-1)16-9-5-13-24-23(16)18-11-12-20-22(21(15)18)17-8-3-4-10-19(17)25-20/h1-13H. The lowest BCUT2D eigenvalue weighted by molar-refractivity contribution is 0.669. The average Bonchev–Trinajstić information content (AvgIpc) is 3.06.